The predicted octanol–water partition coefficient (Wildman–Crippen LogP) is 11.2. The molecule has 40 heavy (non-hydrogen) atoms. The van der Waals surface area contributed by atoms with Crippen molar-refractivity contribution in [3.05, 3.63) is 48.6 Å². The first-order valence-electron chi connectivity index (χ1n) is 16.6. The molecule has 230 valence electrons. The number of unbranched alkanes of at least 4 members (excludes halogenated alkanes) is 12. The minimum atomic E-state index is -0.713. The van der Waals surface area contributed by atoms with Gasteiger partial charge in [-0.1, -0.05) is 133 Å². The van der Waals surface area contributed by atoms with Gasteiger partial charge >= 0.3 is 11.9 Å². The van der Waals surface area contributed by atoms with E-state index in [-0.39, 0.29) is 18.5 Å². The van der Waals surface area contributed by atoms with Crippen LogP contribution >= 0.6 is 0 Å². The zero-order valence-corrected chi connectivity index (χ0v) is 26.1. The van der Waals surface area contributed by atoms with Crippen LogP contribution in [0.15, 0.2) is 48.6 Å². The van der Waals surface area contributed by atoms with Crippen molar-refractivity contribution in [1.82, 2.24) is 0 Å². The van der Waals surface area contributed by atoms with E-state index in [1.54, 1.807) is 0 Å². The van der Waals surface area contributed by atoms with Crippen LogP contribution < -0.4 is 0 Å². The molecular formula is C36H62O4. The highest BCUT2D eigenvalue weighted by Gasteiger charge is 2.13. The van der Waals surface area contributed by atoms with E-state index in [1.807, 2.05) is 0 Å². The quantitative estimate of drug-likeness (QED) is 0.0563. The van der Waals surface area contributed by atoms with Crippen molar-refractivity contribution in [3.8, 4) is 0 Å². The van der Waals surface area contributed by atoms with Crippen LogP contribution in [0.3, 0.4) is 0 Å². The molecule has 0 radical (unpaired) electrons. The lowest BCUT2D eigenvalue weighted by Crippen LogP contribution is -2.18. The van der Waals surface area contributed by atoms with Gasteiger partial charge in [0, 0.05) is 12.8 Å². The SMILES string of the molecule is CC/C=C\C/C=C\C/C=C\C/C=C\CCC(CCCCCCCC(=O)O)OC(=O)CCCCCCCCCCC. The lowest BCUT2D eigenvalue weighted by Gasteiger charge is -2.17. The molecule has 1 N–H and O–H groups in total. The second-order valence-corrected chi connectivity index (χ2v) is 11.0. The van der Waals surface area contributed by atoms with E-state index in [2.05, 4.69) is 62.5 Å². The molecule has 0 aliphatic carbocycles. The Labute approximate surface area is 247 Å². The zero-order valence-electron chi connectivity index (χ0n) is 26.1. The highest BCUT2D eigenvalue weighted by molar-refractivity contribution is 5.69. The first-order valence-corrected chi connectivity index (χ1v) is 16.6. The maximum atomic E-state index is 12.5. The molecule has 0 aromatic carbocycles. The highest BCUT2D eigenvalue weighted by Crippen LogP contribution is 2.17. The topological polar surface area (TPSA) is 63.6 Å². The smallest absolute Gasteiger partial charge is 0.306 e. The normalized spacial score (nSPS) is 12.8. The number of allylic oxidation sites excluding steroid dienone is 8. The summed E-state index contributed by atoms with van der Waals surface area (Å²) < 4.78 is 5.91. The van der Waals surface area contributed by atoms with Crippen LogP contribution in [-0.2, 0) is 14.3 Å². The van der Waals surface area contributed by atoms with E-state index < -0.39 is 5.97 Å². The number of carbonyl (C=O) groups is 2. The summed E-state index contributed by atoms with van der Waals surface area (Å²) in [6.45, 7) is 4.40. The monoisotopic (exact) mass is 558 g/mol. The Balaban J connectivity index is 4.26. The van der Waals surface area contributed by atoms with Gasteiger partial charge in [0.2, 0.25) is 0 Å². The fourth-order valence-corrected chi connectivity index (χ4v) is 4.65. The van der Waals surface area contributed by atoms with Crippen molar-refractivity contribution >= 4 is 11.9 Å². The lowest BCUT2D eigenvalue weighted by atomic mass is 10.0. The Hall–Kier alpha value is -2.10. The number of hydrogen-bond donors (Lipinski definition) is 1. The molecule has 0 aliphatic rings. The van der Waals surface area contributed by atoms with Crippen LogP contribution in [0.2, 0.25) is 0 Å². The number of carbonyl (C=O) groups excluding carboxylic acids is 1. The van der Waals surface area contributed by atoms with E-state index in [0.29, 0.717) is 6.42 Å². The van der Waals surface area contributed by atoms with Crippen LogP contribution in [0.1, 0.15) is 162 Å². The third-order valence-electron chi connectivity index (χ3n) is 7.07. The molecule has 0 rings (SSSR count). The number of hydrogen-bond acceptors (Lipinski definition) is 3. The third kappa shape index (κ3) is 30.4. The Morgan fingerprint density at radius 2 is 1.05 bits per heavy atom. The van der Waals surface area contributed by atoms with Gasteiger partial charge in [-0.3, -0.25) is 9.59 Å². The summed E-state index contributed by atoms with van der Waals surface area (Å²) in [4.78, 5) is 23.2. The maximum Gasteiger partial charge on any atom is 0.306 e. The molecule has 1 atom stereocenters. The lowest BCUT2D eigenvalue weighted by molar-refractivity contribution is -0.150. The van der Waals surface area contributed by atoms with Gasteiger partial charge in [0.05, 0.1) is 0 Å². The maximum absolute atomic E-state index is 12.5. The van der Waals surface area contributed by atoms with Crippen molar-refractivity contribution in [2.75, 3.05) is 0 Å². The Morgan fingerprint density at radius 1 is 0.575 bits per heavy atom. The van der Waals surface area contributed by atoms with Gasteiger partial charge < -0.3 is 9.84 Å². The minimum Gasteiger partial charge on any atom is -0.481 e. The average molecular weight is 559 g/mol. The standard InChI is InChI=1S/C36H62O4/c1-3-5-7-9-11-13-14-15-16-18-19-22-26-30-34(31-27-23-21-24-28-32-35(37)38)40-36(39)33-29-25-20-17-12-10-8-6-4-2/h5,7,11,13,15-16,19,22,34H,3-4,6,8-10,12,14,17-18,20-21,23-33H2,1-2H3,(H,37,38)/b7-5-,13-11-,16-15-,22-19-. The predicted molar refractivity (Wildman–Crippen MR) is 172 cm³/mol. The van der Waals surface area contributed by atoms with Gasteiger partial charge in [0.1, 0.15) is 6.10 Å². The fourth-order valence-electron chi connectivity index (χ4n) is 4.65. The molecule has 0 aromatic rings. The minimum absolute atomic E-state index is 0.0165. The molecule has 0 saturated carbocycles. The fraction of sp³-hybridized carbons (Fsp3) is 0.722. The van der Waals surface area contributed by atoms with Crippen LogP contribution in [0, 0.1) is 0 Å². The van der Waals surface area contributed by atoms with Crippen molar-refractivity contribution in [3.63, 3.8) is 0 Å². The second-order valence-electron chi connectivity index (χ2n) is 11.0. The Morgan fingerprint density at radius 3 is 1.60 bits per heavy atom. The van der Waals surface area contributed by atoms with Crippen molar-refractivity contribution in [2.24, 2.45) is 0 Å². The van der Waals surface area contributed by atoms with Crippen LogP contribution in [-0.4, -0.2) is 23.1 Å². The van der Waals surface area contributed by atoms with Crippen molar-refractivity contribution in [2.45, 2.75) is 168 Å². The van der Waals surface area contributed by atoms with Gasteiger partial charge in [-0.15, -0.1) is 0 Å². The summed E-state index contributed by atoms with van der Waals surface area (Å²) in [7, 11) is 0. The van der Waals surface area contributed by atoms with Crippen LogP contribution in [0.5, 0.6) is 0 Å². The molecule has 0 heterocycles. The molecule has 4 heteroatoms. The van der Waals surface area contributed by atoms with Gasteiger partial charge in [0.15, 0.2) is 0 Å². The van der Waals surface area contributed by atoms with E-state index in [1.165, 1.54) is 44.9 Å². The van der Waals surface area contributed by atoms with Crippen molar-refractivity contribution < 1.29 is 19.4 Å². The van der Waals surface area contributed by atoms with Gasteiger partial charge in [-0.05, 0) is 64.2 Å². The number of rotatable bonds is 29. The summed E-state index contributed by atoms with van der Waals surface area (Å²) in [6.07, 6.45) is 41.2. The molecule has 0 aliphatic heterocycles. The molecule has 0 amide bonds. The van der Waals surface area contributed by atoms with Crippen molar-refractivity contribution in [1.29, 1.82) is 0 Å². The molecule has 0 fully saturated rings. The largest absolute Gasteiger partial charge is 0.481 e. The number of ether oxygens (including phenoxy) is 1. The van der Waals surface area contributed by atoms with E-state index in [0.717, 1.165) is 89.9 Å². The summed E-state index contributed by atoms with van der Waals surface area (Å²) in [5, 5.41) is 8.77. The summed E-state index contributed by atoms with van der Waals surface area (Å²) in [6, 6.07) is 0. The highest BCUT2D eigenvalue weighted by atomic mass is 16.5. The number of carboxylic acids is 1. The summed E-state index contributed by atoms with van der Waals surface area (Å²) in [5.74, 6) is -0.755. The number of carboxylic acid groups (broad SMARTS) is 1. The van der Waals surface area contributed by atoms with E-state index in [9.17, 15) is 9.59 Å². The molecule has 0 saturated heterocycles. The third-order valence-corrected chi connectivity index (χ3v) is 7.07. The second kappa shape index (κ2) is 31.4. The number of aliphatic carboxylic acids is 1. The molecule has 0 spiro atoms. The first-order chi connectivity index (χ1) is 19.6. The molecule has 0 bridgehead atoms. The summed E-state index contributed by atoms with van der Waals surface area (Å²) >= 11 is 0. The van der Waals surface area contributed by atoms with E-state index >= 15 is 0 Å². The van der Waals surface area contributed by atoms with Crippen LogP contribution in [0.25, 0.3) is 0 Å². The molecule has 0 aromatic heterocycles. The summed E-state index contributed by atoms with van der Waals surface area (Å²) in [5.41, 5.74) is 0. The first kappa shape index (κ1) is 37.9. The Bertz CT molecular complexity index is 689. The molecule has 4 nitrogen and oxygen atoms in total. The van der Waals surface area contributed by atoms with Gasteiger partial charge in [-0.2, -0.15) is 0 Å². The average Bonchev–Trinajstić information content (AvgIpc) is 2.93. The van der Waals surface area contributed by atoms with Crippen LogP contribution in [0.4, 0.5) is 0 Å². The van der Waals surface area contributed by atoms with E-state index in [4.69, 9.17) is 9.84 Å². The molecule has 1 unspecified atom stereocenters. The van der Waals surface area contributed by atoms with Gasteiger partial charge in [0.25, 0.3) is 0 Å². The van der Waals surface area contributed by atoms with Gasteiger partial charge in [-0.25, -0.2) is 0 Å². The Kier molecular flexibility index (Phi) is 29.8. The number of esters is 1. The zero-order chi connectivity index (χ0) is 29.4. The molecular weight excluding hydrogens is 496 g/mol.